The van der Waals surface area contributed by atoms with Gasteiger partial charge < -0.3 is 15.2 Å². The third kappa shape index (κ3) is 8.26. The summed E-state index contributed by atoms with van der Waals surface area (Å²) in [7, 11) is -4.27. The fourth-order valence-corrected chi connectivity index (χ4v) is 6.91. The second-order valence-corrected chi connectivity index (χ2v) is 13.8. The molecule has 0 fully saturated rings. The molecule has 0 aliphatic rings. The number of anilines is 1. The summed E-state index contributed by atoms with van der Waals surface area (Å²) < 4.78 is 152. The zero-order valence-electron chi connectivity index (χ0n) is 23.4. The Morgan fingerprint density at radius 3 is 2.28 bits per heavy atom. The normalized spacial score (nSPS) is 13.3. The lowest BCUT2D eigenvalue weighted by Gasteiger charge is -2.22. The Bertz CT molecular complexity index is 1940. The predicted octanol–water partition coefficient (Wildman–Crippen LogP) is 6.39. The second kappa shape index (κ2) is 12.4. The molecule has 4 aromatic rings. The number of rotatable bonds is 9. The number of benzene rings is 1. The summed E-state index contributed by atoms with van der Waals surface area (Å²) in [6.45, 7) is 0.0410. The molecule has 22 heteroatoms. The molecule has 256 valence electrons. The Morgan fingerprint density at radius 2 is 1.70 bits per heavy atom. The molecule has 0 spiro atoms. The summed E-state index contributed by atoms with van der Waals surface area (Å²) in [5.74, 6) is -2.53. The highest BCUT2D eigenvalue weighted by Crippen LogP contribution is 2.40. The quantitative estimate of drug-likeness (QED) is 0.169. The highest BCUT2D eigenvalue weighted by molar-refractivity contribution is 7.91. The van der Waals surface area contributed by atoms with E-state index in [-0.39, 0.29) is 14.5 Å². The monoisotopic (exact) mass is 739 g/mol. The van der Waals surface area contributed by atoms with Crippen molar-refractivity contribution in [2.45, 2.75) is 42.1 Å². The Hall–Kier alpha value is -3.66. The lowest BCUT2D eigenvalue weighted by molar-refractivity contribution is -0.158. The molecule has 0 atom stereocenters. The molecule has 4 rings (SSSR count). The van der Waals surface area contributed by atoms with Gasteiger partial charge in [0.15, 0.2) is 17.9 Å². The van der Waals surface area contributed by atoms with Crippen LogP contribution in [0.5, 0.6) is 5.75 Å². The molecule has 3 heterocycles. The van der Waals surface area contributed by atoms with Crippen LogP contribution in [0.25, 0.3) is 16.9 Å². The minimum atomic E-state index is -5.20. The minimum absolute atomic E-state index is 0.204. The van der Waals surface area contributed by atoms with E-state index >= 15 is 0 Å². The number of carbonyl (C=O) groups excluding carboxylic acids is 1. The Kier molecular flexibility index (Phi) is 9.56. The smallest absolute Gasteiger partial charge is 0.433 e. The number of hydrogen-bond donors (Lipinski definition) is 3. The molecular weight excluding hydrogens is 721 g/mol. The number of aromatic nitrogens is 3. The molecule has 0 radical (unpaired) electrons. The van der Waals surface area contributed by atoms with E-state index < -0.39 is 96.9 Å². The van der Waals surface area contributed by atoms with E-state index in [0.717, 1.165) is 6.07 Å². The van der Waals surface area contributed by atoms with Crippen molar-refractivity contribution < 1.29 is 62.6 Å². The molecule has 0 unspecified atom stereocenters. The van der Waals surface area contributed by atoms with Crippen molar-refractivity contribution in [3.05, 3.63) is 57.7 Å². The molecule has 3 N–H and O–H groups in total. The molecule has 1 aromatic carbocycles. The van der Waals surface area contributed by atoms with Crippen LogP contribution in [-0.2, 0) is 22.4 Å². The molecule has 0 saturated carbocycles. The first-order chi connectivity index (χ1) is 21.4. The van der Waals surface area contributed by atoms with Crippen LogP contribution in [0.4, 0.5) is 45.2 Å². The molecule has 3 aromatic heterocycles. The van der Waals surface area contributed by atoms with Crippen LogP contribution in [0.3, 0.4) is 0 Å². The van der Waals surface area contributed by atoms with Crippen LogP contribution in [-0.4, -0.2) is 59.0 Å². The molecule has 0 aliphatic heterocycles. The van der Waals surface area contributed by atoms with Crippen molar-refractivity contribution in [3.63, 3.8) is 0 Å². The van der Waals surface area contributed by atoms with Crippen LogP contribution in [0, 0.1) is 0 Å². The highest BCUT2D eigenvalue weighted by Gasteiger charge is 2.38. The van der Waals surface area contributed by atoms with E-state index in [1.807, 2.05) is 0 Å². The zero-order chi connectivity index (χ0) is 35.3. The number of fused-ring (bicyclic) bond motifs is 1. The van der Waals surface area contributed by atoms with Gasteiger partial charge in [-0.2, -0.15) is 44.6 Å². The van der Waals surface area contributed by atoms with Gasteiger partial charge in [0, 0.05) is 5.56 Å². The standard InChI is InChI=1S/C25H19ClF9N5O5S2/c1-22(2,9-41)39-47(43,44)18-7-15(19(26)46-18)38-21(42)12-8-36-40-17(25(33,34)35)6-14(37-20(12)40)11-3-4-13(24(30,31)32)16(5-11)45-10-23(27,28)29/h3-8,39,41H,9-10H2,1-2H3,(H,38,42). The minimum Gasteiger partial charge on any atom is -0.483 e. The van der Waals surface area contributed by atoms with E-state index in [1.165, 1.54) is 13.8 Å². The first-order valence-electron chi connectivity index (χ1n) is 12.5. The number of nitrogens with one attached hydrogen (secondary N) is 2. The summed E-state index contributed by atoms with van der Waals surface area (Å²) in [5.41, 5.74) is -7.45. The van der Waals surface area contributed by atoms with Gasteiger partial charge in [0.1, 0.15) is 19.9 Å². The fraction of sp³-hybridized carbons (Fsp3) is 0.320. The molecule has 0 saturated heterocycles. The van der Waals surface area contributed by atoms with Gasteiger partial charge in [-0.25, -0.2) is 22.6 Å². The van der Waals surface area contributed by atoms with Crippen molar-refractivity contribution in [3.8, 4) is 17.0 Å². The van der Waals surface area contributed by atoms with Gasteiger partial charge in [0.25, 0.3) is 15.9 Å². The summed E-state index contributed by atoms with van der Waals surface area (Å²) in [5, 5.41) is 15.1. The first-order valence-corrected chi connectivity index (χ1v) is 15.2. The molecular formula is C25H19ClF9N5O5S2. The number of aliphatic hydroxyl groups is 1. The van der Waals surface area contributed by atoms with Gasteiger partial charge in [0.05, 0.1) is 35.3 Å². The van der Waals surface area contributed by atoms with Gasteiger partial charge in [-0.05, 0) is 38.1 Å². The predicted molar refractivity (Wildman–Crippen MR) is 149 cm³/mol. The number of thiophene rings is 1. The lowest BCUT2D eigenvalue weighted by atomic mass is 10.1. The maximum atomic E-state index is 14.1. The summed E-state index contributed by atoms with van der Waals surface area (Å²) in [4.78, 5) is 17.1. The third-order valence-electron chi connectivity index (χ3n) is 5.96. The molecule has 47 heavy (non-hydrogen) atoms. The van der Waals surface area contributed by atoms with Gasteiger partial charge >= 0.3 is 18.5 Å². The van der Waals surface area contributed by atoms with Gasteiger partial charge in [-0.3, -0.25) is 4.79 Å². The average molecular weight is 740 g/mol. The number of ether oxygens (including phenoxy) is 1. The summed E-state index contributed by atoms with van der Waals surface area (Å²) in [6, 6.07) is 2.66. The average Bonchev–Trinajstić information content (AvgIpc) is 3.53. The molecule has 10 nitrogen and oxygen atoms in total. The number of hydrogen-bond acceptors (Lipinski definition) is 8. The molecule has 0 aliphatic carbocycles. The zero-order valence-corrected chi connectivity index (χ0v) is 25.8. The van der Waals surface area contributed by atoms with Crippen LogP contribution in [0.15, 0.2) is 40.7 Å². The number of alkyl halides is 9. The van der Waals surface area contributed by atoms with Crippen LogP contribution < -0.4 is 14.8 Å². The van der Waals surface area contributed by atoms with E-state index in [9.17, 15) is 57.8 Å². The summed E-state index contributed by atoms with van der Waals surface area (Å²) >= 11 is 6.60. The maximum absolute atomic E-state index is 14.1. The fourth-order valence-electron chi connectivity index (χ4n) is 3.87. The van der Waals surface area contributed by atoms with Gasteiger partial charge in [-0.15, -0.1) is 11.3 Å². The van der Waals surface area contributed by atoms with E-state index in [0.29, 0.717) is 41.8 Å². The first kappa shape index (κ1) is 36.2. The Balaban J connectivity index is 1.78. The number of carbonyl (C=O) groups is 1. The molecule has 1 amide bonds. The van der Waals surface area contributed by atoms with Gasteiger partial charge in [0.2, 0.25) is 0 Å². The Morgan fingerprint density at radius 1 is 1.04 bits per heavy atom. The lowest BCUT2D eigenvalue weighted by Crippen LogP contribution is -2.45. The van der Waals surface area contributed by atoms with E-state index in [2.05, 4.69) is 24.9 Å². The topological polar surface area (TPSA) is 135 Å². The van der Waals surface area contributed by atoms with E-state index in [4.69, 9.17) is 11.6 Å². The Labute approximate surface area is 267 Å². The molecule has 0 bridgehead atoms. The van der Waals surface area contributed by atoms with Crippen LogP contribution in [0.1, 0.15) is 35.5 Å². The van der Waals surface area contributed by atoms with Crippen LogP contribution in [0.2, 0.25) is 4.34 Å². The number of amides is 1. The maximum Gasteiger partial charge on any atom is 0.433 e. The van der Waals surface area contributed by atoms with Crippen molar-refractivity contribution in [1.82, 2.24) is 19.3 Å². The number of halogens is 10. The third-order valence-corrected chi connectivity index (χ3v) is 9.49. The SMILES string of the molecule is CC(C)(CO)NS(=O)(=O)c1cc(NC(=O)c2cnn3c(C(F)(F)F)cc(-c4ccc(C(F)(F)F)c(OCC(F)(F)F)c4)nc23)c(Cl)s1. The second-order valence-electron chi connectivity index (χ2n) is 10.3. The number of nitrogens with zero attached hydrogens (tertiary/aromatic N) is 3. The van der Waals surface area contributed by atoms with Crippen molar-refractivity contribution in [1.29, 1.82) is 0 Å². The van der Waals surface area contributed by atoms with Crippen LogP contribution >= 0.6 is 22.9 Å². The number of sulfonamides is 1. The van der Waals surface area contributed by atoms with Crippen molar-refractivity contribution in [2.75, 3.05) is 18.5 Å². The summed E-state index contributed by atoms with van der Waals surface area (Å²) in [6.07, 6.45) is -14.8. The highest BCUT2D eigenvalue weighted by atomic mass is 35.5. The number of aliphatic hydroxyl groups excluding tert-OH is 1. The van der Waals surface area contributed by atoms with Crippen molar-refractivity contribution >= 4 is 50.2 Å². The van der Waals surface area contributed by atoms with Gasteiger partial charge in [-0.1, -0.05) is 17.7 Å². The van der Waals surface area contributed by atoms with Crippen molar-refractivity contribution in [2.24, 2.45) is 0 Å². The van der Waals surface area contributed by atoms with E-state index in [1.54, 1.807) is 0 Å². The largest absolute Gasteiger partial charge is 0.483 e.